The van der Waals surface area contributed by atoms with Gasteiger partial charge in [-0.1, -0.05) is 24.3 Å². The van der Waals surface area contributed by atoms with E-state index in [4.69, 9.17) is 0 Å². The highest BCUT2D eigenvalue weighted by molar-refractivity contribution is 6.02. The maximum absolute atomic E-state index is 13.1. The van der Waals surface area contributed by atoms with E-state index in [-0.39, 0.29) is 17.9 Å². The molecule has 1 aliphatic heterocycles. The van der Waals surface area contributed by atoms with Crippen molar-refractivity contribution in [2.75, 3.05) is 5.32 Å². The maximum Gasteiger partial charge on any atom is 0.243 e. The van der Waals surface area contributed by atoms with E-state index < -0.39 is 0 Å². The molecular formula is C22H23N5O. The molecule has 28 heavy (non-hydrogen) atoms. The van der Waals surface area contributed by atoms with E-state index in [2.05, 4.69) is 32.2 Å². The van der Waals surface area contributed by atoms with Gasteiger partial charge in [0.1, 0.15) is 6.04 Å². The fourth-order valence-electron chi connectivity index (χ4n) is 4.65. The van der Waals surface area contributed by atoms with Gasteiger partial charge in [0, 0.05) is 35.9 Å². The smallest absolute Gasteiger partial charge is 0.243 e. The first kappa shape index (κ1) is 17.3. The first-order valence-electron chi connectivity index (χ1n) is 9.85. The first-order chi connectivity index (χ1) is 13.8. The van der Waals surface area contributed by atoms with Gasteiger partial charge in [-0.15, -0.1) is 0 Å². The van der Waals surface area contributed by atoms with Crippen molar-refractivity contribution in [1.82, 2.24) is 20.8 Å². The Morgan fingerprint density at radius 2 is 1.93 bits per heavy atom. The predicted octanol–water partition coefficient (Wildman–Crippen LogP) is 3.00. The van der Waals surface area contributed by atoms with Gasteiger partial charge in [0.15, 0.2) is 0 Å². The molecule has 1 saturated carbocycles. The minimum Gasteiger partial charge on any atom is -0.323 e. The van der Waals surface area contributed by atoms with Crippen LogP contribution in [0.25, 0.3) is 10.9 Å². The van der Waals surface area contributed by atoms with Crippen molar-refractivity contribution in [2.45, 2.75) is 37.3 Å². The van der Waals surface area contributed by atoms with E-state index in [1.165, 1.54) is 5.56 Å². The molecule has 0 radical (unpaired) electrons. The number of aromatic nitrogens is 2. The molecular weight excluding hydrogens is 350 g/mol. The number of para-hydroxylation sites is 1. The number of carbonyl (C=O) groups excluding carboxylic acids is 1. The highest BCUT2D eigenvalue weighted by atomic mass is 16.2. The molecule has 1 saturated heterocycles. The molecule has 142 valence electrons. The molecule has 3 N–H and O–H groups in total. The first-order valence-corrected chi connectivity index (χ1v) is 9.85. The molecule has 2 aliphatic rings. The number of fused-ring (bicyclic) bond motifs is 2. The lowest BCUT2D eigenvalue weighted by molar-refractivity contribution is -0.118. The quantitative estimate of drug-likeness (QED) is 0.658. The number of nitrogens with one attached hydrogen (secondary N) is 3. The number of pyridine rings is 2. The third kappa shape index (κ3) is 3.15. The van der Waals surface area contributed by atoms with Crippen LogP contribution in [-0.2, 0) is 4.79 Å². The Balaban J connectivity index is 1.35. The number of hydrogen-bond acceptors (Lipinski definition) is 5. The molecule has 2 fully saturated rings. The second-order valence-corrected chi connectivity index (χ2v) is 7.70. The van der Waals surface area contributed by atoms with Crippen molar-refractivity contribution in [1.29, 1.82) is 0 Å². The van der Waals surface area contributed by atoms with E-state index >= 15 is 0 Å². The SMILES string of the molecule is O=C(Nc1cccc2cccnc12)C1NNC2CCC(c3cccnc3)CC21. The molecule has 6 heteroatoms. The zero-order chi connectivity index (χ0) is 18.9. The number of carbonyl (C=O) groups is 1. The van der Waals surface area contributed by atoms with E-state index in [9.17, 15) is 4.79 Å². The standard InChI is InChI=1S/C22H23N5O/c28-22(25-19-7-1-4-14-5-3-11-24-20(14)19)21-17-12-15(8-9-18(17)26-27-21)16-6-2-10-23-13-16/h1-7,10-11,13,15,17-18,21,26-27H,8-9,12H2,(H,25,28). The Labute approximate surface area is 163 Å². The summed E-state index contributed by atoms with van der Waals surface area (Å²) in [5.74, 6) is 0.693. The van der Waals surface area contributed by atoms with Crippen molar-refractivity contribution in [3.63, 3.8) is 0 Å². The summed E-state index contributed by atoms with van der Waals surface area (Å²) in [6.07, 6.45) is 8.66. The average Bonchev–Trinajstić information content (AvgIpc) is 3.18. The van der Waals surface area contributed by atoms with E-state index in [1.54, 1.807) is 6.20 Å². The van der Waals surface area contributed by atoms with Crippen molar-refractivity contribution >= 4 is 22.5 Å². The molecule has 1 aliphatic carbocycles. The molecule has 1 amide bonds. The van der Waals surface area contributed by atoms with Gasteiger partial charge in [-0.3, -0.25) is 20.2 Å². The highest BCUT2D eigenvalue weighted by Gasteiger charge is 2.43. The third-order valence-corrected chi connectivity index (χ3v) is 6.08. The summed E-state index contributed by atoms with van der Waals surface area (Å²) >= 11 is 0. The Morgan fingerprint density at radius 3 is 2.82 bits per heavy atom. The van der Waals surface area contributed by atoms with Gasteiger partial charge >= 0.3 is 0 Å². The number of hydrazine groups is 1. The molecule has 6 nitrogen and oxygen atoms in total. The monoisotopic (exact) mass is 373 g/mol. The van der Waals surface area contributed by atoms with E-state index in [1.807, 2.05) is 48.8 Å². The molecule has 2 aromatic heterocycles. The lowest BCUT2D eigenvalue weighted by Crippen LogP contribution is -2.42. The maximum atomic E-state index is 13.1. The fraction of sp³-hybridized carbons (Fsp3) is 0.318. The Kier molecular flexibility index (Phi) is 4.50. The summed E-state index contributed by atoms with van der Waals surface area (Å²) in [5.41, 5.74) is 9.43. The van der Waals surface area contributed by atoms with Crippen LogP contribution >= 0.6 is 0 Å². The van der Waals surface area contributed by atoms with E-state index in [0.717, 1.165) is 35.9 Å². The predicted molar refractivity (Wildman–Crippen MR) is 109 cm³/mol. The second kappa shape index (κ2) is 7.30. The zero-order valence-corrected chi connectivity index (χ0v) is 15.5. The molecule has 0 bridgehead atoms. The molecule has 3 aromatic rings. The van der Waals surface area contributed by atoms with Gasteiger partial charge in [-0.25, -0.2) is 5.43 Å². The lowest BCUT2D eigenvalue weighted by Gasteiger charge is -2.32. The number of benzene rings is 1. The van der Waals surface area contributed by atoms with Gasteiger partial charge in [0.25, 0.3) is 0 Å². The molecule has 0 spiro atoms. The van der Waals surface area contributed by atoms with Crippen LogP contribution < -0.4 is 16.2 Å². The lowest BCUT2D eigenvalue weighted by atomic mass is 9.73. The van der Waals surface area contributed by atoms with Crippen LogP contribution in [0.3, 0.4) is 0 Å². The second-order valence-electron chi connectivity index (χ2n) is 7.70. The number of anilines is 1. The largest absolute Gasteiger partial charge is 0.323 e. The number of nitrogens with zero attached hydrogens (tertiary/aromatic N) is 2. The van der Waals surface area contributed by atoms with E-state index in [0.29, 0.717) is 12.0 Å². The number of rotatable bonds is 3. The zero-order valence-electron chi connectivity index (χ0n) is 15.5. The van der Waals surface area contributed by atoms with Crippen molar-refractivity contribution in [2.24, 2.45) is 5.92 Å². The van der Waals surface area contributed by atoms with Crippen LogP contribution in [0.1, 0.15) is 30.7 Å². The summed E-state index contributed by atoms with van der Waals surface area (Å²) < 4.78 is 0. The van der Waals surface area contributed by atoms with Gasteiger partial charge in [0.05, 0.1) is 11.2 Å². The summed E-state index contributed by atoms with van der Waals surface area (Å²) in [6.45, 7) is 0. The molecule has 1 aromatic carbocycles. The Bertz CT molecular complexity index is 987. The molecule has 4 unspecified atom stereocenters. The van der Waals surface area contributed by atoms with Gasteiger partial charge in [-0.2, -0.15) is 0 Å². The number of amides is 1. The minimum absolute atomic E-state index is 0.00927. The topological polar surface area (TPSA) is 78.9 Å². The summed E-state index contributed by atoms with van der Waals surface area (Å²) in [7, 11) is 0. The Morgan fingerprint density at radius 1 is 1.04 bits per heavy atom. The number of hydrogen-bond donors (Lipinski definition) is 3. The van der Waals surface area contributed by atoms with Crippen LogP contribution in [-0.4, -0.2) is 28.0 Å². The van der Waals surface area contributed by atoms with Crippen LogP contribution in [0.2, 0.25) is 0 Å². The van der Waals surface area contributed by atoms with Crippen LogP contribution in [0.4, 0.5) is 5.69 Å². The van der Waals surface area contributed by atoms with Crippen LogP contribution in [0, 0.1) is 5.92 Å². The van der Waals surface area contributed by atoms with Crippen molar-refractivity contribution < 1.29 is 4.79 Å². The summed E-state index contributed by atoms with van der Waals surface area (Å²) in [6, 6.07) is 14.0. The van der Waals surface area contributed by atoms with Crippen LogP contribution in [0.15, 0.2) is 61.1 Å². The third-order valence-electron chi connectivity index (χ3n) is 6.08. The van der Waals surface area contributed by atoms with Gasteiger partial charge in [-0.05, 0) is 48.9 Å². The minimum atomic E-state index is -0.261. The van der Waals surface area contributed by atoms with Gasteiger partial charge < -0.3 is 5.32 Å². The molecule has 5 rings (SSSR count). The normalized spacial score (nSPS) is 26.7. The Hall–Kier alpha value is -2.83. The summed E-state index contributed by atoms with van der Waals surface area (Å²) in [5, 5.41) is 4.12. The van der Waals surface area contributed by atoms with Crippen molar-refractivity contribution in [3.05, 3.63) is 66.6 Å². The van der Waals surface area contributed by atoms with Crippen LogP contribution in [0.5, 0.6) is 0 Å². The van der Waals surface area contributed by atoms with Gasteiger partial charge in [0.2, 0.25) is 5.91 Å². The summed E-state index contributed by atoms with van der Waals surface area (Å²) in [4.78, 5) is 21.8. The fourth-order valence-corrected chi connectivity index (χ4v) is 4.65. The average molecular weight is 373 g/mol. The highest BCUT2D eigenvalue weighted by Crippen LogP contribution is 2.39. The molecule has 4 atom stereocenters. The van der Waals surface area contributed by atoms with Crippen molar-refractivity contribution in [3.8, 4) is 0 Å². The molecule has 3 heterocycles.